The molecule has 1 aliphatic carbocycles. The average molecular weight is 399 g/mol. The first kappa shape index (κ1) is 20.1. The Labute approximate surface area is 170 Å². The van der Waals surface area contributed by atoms with Crippen molar-refractivity contribution < 1.29 is 0 Å². The van der Waals surface area contributed by atoms with E-state index >= 15 is 0 Å². The first-order valence-corrected chi connectivity index (χ1v) is 11.4. The zero-order valence-corrected chi connectivity index (χ0v) is 18.0. The molecule has 1 aromatic carbocycles. The molecule has 4 nitrogen and oxygen atoms in total. The van der Waals surface area contributed by atoms with Crippen LogP contribution in [0.1, 0.15) is 49.3 Å². The third-order valence-electron chi connectivity index (χ3n) is 5.67. The van der Waals surface area contributed by atoms with Crippen LogP contribution in [0.15, 0.2) is 23.2 Å². The maximum absolute atomic E-state index is 10.4. The molecule has 1 fully saturated rings. The van der Waals surface area contributed by atoms with Gasteiger partial charge in [0, 0.05) is 5.92 Å². The lowest BCUT2D eigenvalue weighted by atomic mass is 9.95. The summed E-state index contributed by atoms with van der Waals surface area (Å²) >= 11 is 3.38. The molecule has 27 heavy (non-hydrogen) atoms. The average Bonchev–Trinajstić information content (AvgIpc) is 3.21. The molecule has 1 aliphatic heterocycles. The number of hydrogen-bond donors (Lipinski definition) is 1. The predicted molar refractivity (Wildman–Crippen MR) is 115 cm³/mol. The van der Waals surface area contributed by atoms with Gasteiger partial charge in [-0.25, -0.2) is 4.99 Å². The number of aliphatic imine (C=N–C) groups is 1. The van der Waals surface area contributed by atoms with Crippen molar-refractivity contribution in [3.05, 3.63) is 34.9 Å². The Kier molecular flexibility index (Phi) is 5.27. The SMILES string of the molecule is CCCSC1(SCCC)N=C(N)C2(C#N)C(c3ccc(C)cc3C)C12C#N. The summed E-state index contributed by atoms with van der Waals surface area (Å²) in [5.74, 6) is 1.88. The minimum absolute atomic E-state index is 0.230. The van der Waals surface area contributed by atoms with Crippen molar-refractivity contribution in [2.75, 3.05) is 11.5 Å². The van der Waals surface area contributed by atoms with Crippen LogP contribution in [0.5, 0.6) is 0 Å². The molecule has 1 saturated carbocycles. The molecule has 6 heteroatoms. The Morgan fingerprint density at radius 2 is 1.74 bits per heavy atom. The molecule has 3 unspecified atom stereocenters. The number of rotatable bonds is 7. The summed E-state index contributed by atoms with van der Waals surface area (Å²) in [5, 5.41) is 20.6. The van der Waals surface area contributed by atoms with E-state index in [1.54, 1.807) is 23.5 Å². The molecule has 1 aromatic rings. The maximum atomic E-state index is 10.4. The summed E-state index contributed by atoms with van der Waals surface area (Å²) in [4.78, 5) is 4.81. The molecular formula is C21H26N4S2. The fourth-order valence-electron chi connectivity index (χ4n) is 4.46. The van der Waals surface area contributed by atoms with Gasteiger partial charge in [0.1, 0.15) is 16.7 Å². The van der Waals surface area contributed by atoms with Crippen molar-refractivity contribution in [2.45, 2.75) is 50.7 Å². The molecule has 2 N–H and O–H groups in total. The van der Waals surface area contributed by atoms with Gasteiger partial charge in [-0.15, -0.1) is 23.5 Å². The summed E-state index contributed by atoms with van der Waals surface area (Å²) in [7, 11) is 0. The third-order valence-corrected chi connectivity index (χ3v) is 9.21. The summed E-state index contributed by atoms with van der Waals surface area (Å²) in [5.41, 5.74) is 7.80. The first-order chi connectivity index (χ1) is 12.9. The fourth-order valence-corrected chi connectivity index (χ4v) is 7.68. The van der Waals surface area contributed by atoms with Crippen LogP contribution >= 0.6 is 23.5 Å². The summed E-state index contributed by atoms with van der Waals surface area (Å²) < 4.78 is -0.713. The second-order valence-corrected chi connectivity index (χ2v) is 10.2. The fraction of sp³-hybridized carbons (Fsp3) is 0.571. The lowest BCUT2D eigenvalue weighted by molar-refractivity contribution is 0.563. The molecule has 0 aromatic heterocycles. The van der Waals surface area contributed by atoms with Crippen LogP contribution in [0.4, 0.5) is 0 Å². The van der Waals surface area contributed by atoms with Crippen LogP contribution in [-0.2, 0) is 0 Å². The molecule has 0 amide bonds. The second-order valence-electron chi connectivity index (χ2n) is 7.41. The Morgan fingerprint density at radius 1 is 1.11 bits per heavy atom. The molecule has 0 saturated heterocycles. The van der Waals surface area contributed by atoms with E-state index in [0.717, 1.165) is 35.5 Å². The van der Waals surface area contributed by atoms with Gasteiger partial charge in [-0.1, -0.05) is 37.6 Å². The van der Waals surface area contributed by atoms with Crippen LogP contribution < -0.4 is 5.73 Å². The summed E-state index contributed by atoms with van der Waals surface area (Å²) in [6.07, 6.45) is 1.98. The highest BCUT2D eigenvalue weighted by atomic mass is 32.2. The van der Waals surface area contributed by atoms with Crippen LogP contribution in [-0.4, -0.2) is 21.5 Å². The lowest BCUT2D eigenvalue weighted by Gasteiger charge is -2.32. The van der Waals surface area contributed by atoms with E-state index in [9.17, 15) is 10.5 Å². The van der Waals surface area contributed by atoms with Crippen LogP contribution in [0.3, 0.4) is 0 Å². The van der Waals surface area contributed by atoms with Gasteiger partial charge in [0.15, 0.2) is 4.20 Å². The number of hydrogen-bond acceptors (Lipinski definition) is 6. The highest BCUT2D eigenvalue weighted by Gasteiger charge is 2.92. The number of aryl methyl sites for hydroxylation is 2. The van der Waals surface area contributed by atoms with E-state index < -0.39 is 15.0 Å². The highest BCUT2D eigenvalue weighted by Crippen LogP contribution is 2.85. The van der Waals surface area contributed by atoms with E-state index in [4.69, 9.17) is 10.7 Å². The number of amidine groups is 1. The van der Waals surface area contributed by atoms with E-state index in [0.29, 0.717) is 5.84 Å². The largest absolute Gasteiger partial charge is 0.386 e. The Hall–Kier alpha value is -1.63. The maximum Gasteiger partial charge on any atom is 0.175 e. The molecule has 2 aliphatic rings. The van der Waals surface area contributed by atoms with Gasteiger partial charge >= 0.3 is 0 Å². The van der Waals surface area contributed by atoms with Gasteiger partial charge in [0.05, 0.1) is 12.1 Å². The van der Waals surface area contributed by atoms with E-state index in [-0.39, 0.29) is 5.92 Å². The Balaban J connectivity index is 2.20. The van der Waals surface area contributed by atoms with Crippen molar-refractivity contribution in [1.82, 2.24) is 0 Å². The van der Waals surface area contributed by atoms with Gasteiger partial charge in [-0.2, -0.15) is 10.5 Å². The van der Waals surface area contributed by atoms with E-state index in [1.165, 1.54) is 5.56 Å². The number of nitrogens with zero attached hydrogens (tertiary/aromatic N) is 3. The van der Waals surface area contributed by atoms with Crippen molar-refractivity contribution >= 4 is 29.4 Å². The van der Waals surface area contributed by atoms with Crippen molar-refractivity contribution in [3.63, 3.8) is 0 Å². The number of nitriles is 2. The van der Waals surface area contributed by atoms with Crippen LogP contribution in [0, 0.1) is 47.3 Å². The lowest BCUT2D eigenvalue weighted by Crippen LogP contribution is -2.32. The molecule has 0 bridgehead atoms. The third kappa shape index (κ3) is 2.46. The van der Waals surface area contributed by atoms with Gasteiger partial charge in [-0.3, -0.25) is 0 Å². The first-order valence-electron chi connectivity index (χ1n) is 9.44. The normalized spacial score (nSPS) is 30.1. The minimum Gasteiger partial charge on any atom is -0.386 e. The number of fused-ring (bicyclic) bond motifs is 1. The highest BCUT2D eigenvalue weighted by molar-refractivity contribution is 8.18. The second kappa shape index (κ2) is 7.08. The molecule has 0 spiro atoms. The zero-order valence-electron chi connectivity index (χ0n) is 16.4. The monoisotopic (exact) mass is 398 g/mol. The van der Waals surface area contributed by atoms with Gasteiger partial charge < -0.3 is 5.73 Å². The van der Waals surface area contributed by atoms with E-state index in [2.05, 4.69) is 58.0 Å². The Bertz CT molecular complexity index is 858. The van der Waals surface area contributed by atoms with Crippen LogP contribution in [0.2, 0.25) is 0 Å². The molecule has 142 valence electrons. The van der Waals surface area contributed by atoms with Gasteiger partial charge in [-0.05, 0) is 49.3 Å². The van der Waals surface area contributed by atoms with Crippen LogP contribution in [0.25, 0.3) is 0 Å². The van der Waals surface area contributed by atoms with Crippen molar-refractivity contribution in [2.24, 2.45) is 21.6 Å². The molecule has 0 radical (unpaired) electrons. The Morgan fingerprint density at radius 3 is 2.22 bits per heavy atom. The number of thioether (sulfide) groups is 2. The van der Waals surface area contributed by atoms with Crippen molar-refractivity contribution in [1.29, 1.82) is 10.5 Å². The van der Waals surface area contributed by atoms with Gasteiger partial charge in [0.2, 0.25) is 0 Å². The zero-order chi connectivity index (χ0) is 19.9. The topological polar surface area (TPSA) is 86.0 Å². The predicted octanol–water partition coefficient (Wildman–Crippen LogP) is 4.73. The molecule has 3 atom stereocenters. The summed E-state index contributed by atoms with van der Waals surface area (Å²) in [6.45, 7) is 8.36. The molecule has 3 rings (SSSR count). The smallest absolute Gasteiger partial charge is 0.175 e. The number of benzene rings is 1. The minimum atomic E-state index is -1.02. The summed E-state index contributed by atoms with van der Waals surface area (Å²) in [6, 6.07) is 11.3. The number of nitrogens with two attached hydrogens (primary N) is 1. The molecular weight excluding hydrogens is 372 g/mol. The standard InChI is InChI=1S/C21H26N4S2/c1-5-9-26-21(27-10-6-2)20(13-23)17(19(20,12-22)18(24)25-21)16-8-7-14(3)11-15(16)4/h7-8,11,17H,5-6,9-10H2,1-4H3,(H2,24,25). The van der Waals surface area contributed by atoms with Gasteiger partial charge in [0.25, 0.3) is 0 Å². The van der Waals surface area contributed by atoms with E-state index in [1.807, 2.05) is 0 Å². The molecule has 1 heterocycles. The quantitative estimate of drug-likeness (QED) is 0.671. The van der Waals surface area contributed by atoms with Crippen molar-refractivity contribution in [3.8, 4) is 12.1 Å².